The number of aromatic nitrogens is 1. The molecule has 1 heterocycles. The van der Waals surface area contributed by atoms with Crippen LogP contribution >= 0.6 is 0 Å². The van der Waals surface area contributed by atoms with Gasteiger partial charge < -0.3 is 15.0 Å². The summed E-state index contributed by atoms with van der Waals surface area (Å²) in [5.41, 5.74) is -1.55. The zero-order valence-electron chi connectivity index (χ0n) is 13.1. The monoisotopic (exact) mass is 318 g/mol. The summed E-state index contributed by atoms with van der Waals surface area (Å²) in [6, 6.07) is 3.33. The van der Waals surface area contributed by atoms with Crippen molar-refractivity contribution >= 4 is 11.9 Å². The molecule has 6 nitrogen and oxygen atoms in total. The average Bonchev–Trinajstić information content (AvgIpc) is 3.34. The fourth-order valence-corrected chi connectivity index (χ4v) is 3.33. The highest BCUT2D eigenvalue weighted by Crippen LogP contribution is 2.33. The summed E-state index contributed by atoms with van der Waals surface area (Å²) < 4.78 is 1.58. The Kier molecular flexibility index (Phi) is 4.24. The van der Waals surface area contributed by atoms with Crippen LogP contribution in [0.15, 0.2) is 23.1 Å². The van der Waals surface area contributed by atoms with E-state index in [0.29, 0.717) is 12.8 Å². The van der Waals surface area contributed by atoms with Crippen molar-refractivity contribution < 1.29 is 14.7 Å². The van der Waals surface area contributed by atoms with Crippen LogP contribution in [0, 0.1) is 0 Å². The molecule has 0 spiro atoms. The van der Waals surface area contributed by atoms with Crippen LogP contribution in [0.5, 0.6) is 0 Å². The lowest BCUT2D eigenvalue weighted by Gasteiger charge is -2.29. The number of aliphatic carboxylic acids is 1. The molecule has 1 aromatic rings. The summed E-state index contributed by atoms with van der Waals surface area (Å²) in [4.78, 5) is 36.8. The smallest absolute Gasteiger partial charge is 0.329 e. The number of hydrogen-bond acceptors (Lipinski definition) is 3. The lowest BCUT2D eigenvalue weighted by atomic mass is 9.90. The normalized spacial score (nSPS) is 20.5. The summed E-state index contributed by atoms with van der Waals surface area (Å²) in [5.74, 6) is -1.58. The van der Waals surface area contributed by atoms with Crippen LogP contribution in [0.4, 0.5) is 0 Å². The molecule has 0 bridgehead atoms. The van der Waals surface area contributed by atoms with Gasteiger partial charge in [0.25, 0.3) is 11.5 Å². The van der Waals surface area contributed by atoms with E-state index in [0.717, 1.165) is 38.5 Å². The van der Waals surface area contributed by atoms with Gasteiger partial charge in [0.15, 0.2) is 0 Å². The molecule has 2 N–H and O–H groups in total. The number of carboxylic acids is 1. The van der Waals surface area contributed by atoms with E-state index in [4.69, 9.17) is 0 Å². The first-order valence-corrected chi connectivity index (χ1v) is 8.30. The van der Waals surface area contributed by atoms with Crippen LogP contribution in [-0.2, 0) is 4.79 Å². The van der Waals surface area contributed by atoms with Crippen molar-refractivity contribution in [2.24, 2.45) is 0 Å². The molecule has 3 rings (SSSR count). The molecule has 23 heavy (non-hydrogen) atoms. The van der Waals surface area contributed by atoms with Crippen LogP contribution < -0.4 is 10.9 Å². The Morgan fingerprint density at radius 2 is 1.83 bits per heavy atom. The molecule has 6 heteroatoms. The third-order valence-electron chi connectivity index (χ3n) is 4.88. The summed E-state index contributed by atoms with van der Waals surface area (Å²) in [5, 5.41) is 12.3. The topological polar surface area (TPSA) is 88.4 Å². The number of rotatable bonds is 4. The van der Waals surface area contributed by atoms with E-state index in [-0.39, 0.29) is 17.2 Å². The second-order valence-electron chi connectivity index (χ2n) is 6.62. The first kappa shape index (κ1) is 15.8. The molecule has 0 radical (unpaired) electrons. The Morgan fingerprint density at radius 1 is 1.17 bits per heavy atom. The summed E-state index contributed by atoms with van der Waals surface area (Å²) in [6.07, 6.45) is 7.91. The van der Waals surface area contributed by atoms with Crippen molar-refractivity contribution in [3.8, 4) is 0 Å². The minimum atomic E-state index is -1.25. The van der Waals surface area contributed by atoms with Gasteiger partial charge in [-0.2, -0.15) is 0 Å². The highest BCUT2D eigenvalue weighted by Gasteiger charge is 2.40. The average molecular weight is 318 g/mol. The molecule has 1 amide bonds. The van der Waals surface area contributed by atoms with Gasteiger partial charge in [0.1, 0.15) is 11.1 Å². The minimum absolute atomic E-state index is 0.0317. The Hall–Kier alpha value is -2.11. The van der Waals surface area contributed by atoms with Crippen LogP contribution in [0.3, 0.4) is 0 Å². The van der Waals surface area contributed by atoms with Gasteiger partial charge in [0.2, 0.25) is 0 Å². The number of pyridine rings is 1. The van der Waals surface area contributed by atoms with Gasteiger partial charge in [-0.15, -0.1) is 0 Å². The molecule has 1 aromatic heterocycles. The first-order chi connectivity index (χ1) is 11.0. The SMILES string of the molecule is O=C(NC1(C(=O)O)CCCCCC1)c1cccn(C2CC2)c1=O. The molecule has 0 aromatic carbocycles. The van der Waals surface area contributed by atoms with Gasteiger partial charge in [0, 0.05) is 12.2 Å². The van der Waals surface area contributed by atoms with Gasteiger partial charge >= 0.3 is 5.97 Å². The third kappa shape index (κ3) is 3.16. The molecule has 0 unspecified atom stereocenters. The molecular weight excluding hydrogens is 296 g/mol. The number of amides is 1. The fourth-order valence-electron chi connectivity index (χ4n) is 3.33. The van der Waals surface area contributed by atoms with Crippen LogP contribution in [-0.4, -0.2) is 27.1 Å². The maximum absolute atomic E-state index is 12.6. The maximum Gasteiger partial charge on any atom is 0.329 e. The highest BCUT2D eigenvalue weighted by atomic mass is 16.4. The number of nitrogens with one attached hydrogen (secondary N) is 1. The third-order valence-corrected chi connectivity index (χ3v) is 4.88. The van der Waals surface area contributed by atoms with E-state index in [1.807, 2.05) is 0 Å². The number of carbonyl (C=O) groups is 2. The number of carbonyl (C=O) groups excluding carboxylic acids is 1. The molecule has 0 saturated heterocycles. The standard InChI is InChI=1S/C17H22N2O4/c20-14(13-6-5-11-19(15(13)21)12-7-8-12)18-17(16(22)23)9-3-1-2-4-10-17/h5-6,11-12H,1-4,7-10H2,(H,18,20)(H,22,23). The van der Waals surface area contributed by atoms with Crippen LogP contribution in [0.25, 0.3) is 0 Å². The van der Waals surface area contributed by atoms with Gasteiger partial charge in [-0.05, 0) is 37.8 Å². The van der Waals surface area contributed by atoms with Crippen molar-refractivity contribution in [1.29, 1.82) is 0 Å². The summed E-state index contributed by atoms with van der Waals surface area (Å²) in [6.45, 7) is 0. The number of hydrogen-bond donors (Lipinski definition) is 2. The maximum atomic E-state index is 12.6. The largest absolute Gasteiger partial charge is 0.480 e. The highest BCUT2D eigenvalue weighted by molar-refractivity contribution is 5.97. The number of carboxylic acid groups (broad SMARTS) is 1. The van der Waals surface area contributed by atoms with Crippen molar-refractivity contribution in [2.45, 2.75) is 62.9 Å². The van der Waals surface area contributed by atoms with Crippen molar-refractivity contribution in [3.63, 3.8) is 0 Å². The van der Waals surface area contributed by atoms with E-state index in [1.54, 1.807) is 16.8 Å². The van der Waals surface area contributed by atoms with Crippen molar-refractivity contribution in [2.75, 3.05) is 0 Å². The Balaban J connectivity index is 1.86. The van der Waals surface area contributed by atoms with Gasteiger partial charge in [-0.1, -0.05) is 25.7 Å². The van der Waals surface area contributed by atoms with Crippen LogP contribution in [0.1, 0.15) is 67.8 Å². The first-order valence-electron chi connectivity index (χ1n) is 8.30. The second kappa shape index (κ2) is 6.18. The lowest BCUT2D eigenvalue weighted by molar-refractivity contribution is -0.145. The van der Waals surface area contributed by atoms with Gasteiger partial charge in [-0.3, -0.25) is 9.59 Å². The number of nitrogens with zero attached hydrogens (tertiary/aromatic N) is 1. The lowest BCUT2D eigenvalue weighted by Crippen LogP contribution is -2.55. The van der Waals surface area contributed by atoms with E-state index >= 15 is 0 Å². The van der Waals surface area contributed by atoms with Crippen molar-refractivity contribution in [1.82, 2.24) is 9.88 Å². The van der Waals surface area contributed by atoms with E-state index < -0.39 is 17.4 Å². The van der Waals surface area contributed by atoms with Crippen LogP contribution in [0.2, 0.25) is 0 Å². The van der Waals surface area contributed by atoms with Gasteiger partial charge in [0.05, 0.1) is 0 Å². The van der Waals surface area contributed by atoms with Crippen molar-refractivity contribution in [3.05, 3.63) is 34.2 Å². The molecule has 124 valence electrons. The summed E-state index contributed by atoms with van der Waals surface area (Å²) in [7, 11) is 0. The molecule has 2 aliphatic rings. The van der Waals surface area contributed by atoms with Gasteiger partial charge in [-0.25, -0.2) is 4.79 Å². The quantitative estimate of drug-likeness (QED) is 0.832. The fraction of sp³-hybridized carbons (Fsp3) is 0.588. The zero-order valence-corrected chi connectivity index (χ0v) is 13.1. The second-order valence-corrected chi connectivity index (χ2v) is 6.62. The molecule has 0 atom stereocenters. The molecule has 0 aliphatic heterocycles. The molecule has 2 aliphatic carbocycles. The minimum Gasteiger partial charge on any atom is -0.480 e. The summed E-state index contributed by atoms with van der Waals surface area (Å²) >= 11 is 0. The predicted molar refractivity (Wildman–Crippen MR) is 84.5 cm³/mol. The zero-order chi connectivity index (χ0) is 16.4. The molecule has 2 fully saturated rings. The Bertz CT molecular complexity index is 667. The Morgan fingerprint density at radius 3 is 2.39 bits per heavy atom. The Labute approximate surface area is 134 Å². The predicted octanol–water partition coefficient (Wildman–Crippen LogP) is 2.09. The van der Waals surface area contributed by atoms with E-state index in [2.05, 4.69) is 5.32 Å². The van der Waals surface area contributed by atoms with E-state index in [9.17, 15) is 19.5 Å². The van der Waals surface area contributed by atoms with E-state index in [1.165, 1.54) is 6.07 Å². The molecule has 2 saturated carbocycles. The molecular formula is C17H22N2O4.